The van der Waals surface area contributed by atoms with Gasteiger partial charge in [0.2, 0.25) is 0 Å². The minimum absolute atomic E-state index is 0.331. The van der Waals surface area contributed by atoms with E-state index in [1.165, 1.54) is 21.6 Å². The third kappa shape index (κ3) is 1.50. The van der Waals surface area contributed by atoms with Crippen molar-refractivity contribution >= 4 is 21.6 Å². The number of aromatic nitrogens is 1. The lowest BCUT2D eigenvalue weighted by Gasteiger charge is -2.27. The van der Waals surface area contributed by atoms with Gasteiger partial charge in [-0.25, -0.2) is 0 Å². The summed E-state index contributed by atoms with van der Waals surface area (Å²) in [6.45, 7) is 3.94. The molecule has 1 N–H and O–H groups in total. The highest BCUT2D eigenvalue weighted by Gasteiger charge is 2.19. The van der Waals surface area contributed by atoms with Crippen molar-refractivity contribution in [1.82, 2.24) is 9.69 Å². The van der Waals surface area contributed by atoms with Crippen LogP contribution in [0.25, 0.3) is 10.1 Å². The van der Waals surface area contributed by atoms with Crippen LogP contribution in [0.2, 0.25) is 0 Å². The van der Waals surface area contributed by atoms with E-state index in [0.29, 0.717) is 6.10 Å². The first-order valence-electron chi connectivity index (χ1n) is 5.07. The number of nitrogens with one attached hydrogen (secondary N) is 1. The Morgan fingerprint density at radius 2 is 2.33 bits per heavy atom. The van der Waals surface area contributed by atoms with E-state index in [4.69, 9.17) is 4.74 Å². The molecule has 0 amide bonds. The summed E-state index contributed by atoms with van der Waals surface area (Å²) in [5.41, 5.74) is 1.09. The zero-order valence-electron chi connectivity index (χ0n) is 8.49. The van der Waals surface area contributed by atoms with Crippen molar-refractivity contribution in [3.63, 3.8) is 0 Å². The van der Waals surface area contributed by atoms with Crippen LogP contribution < -0.4 is 10.1 Å². The van der Waals surface area contributed by atoms with E-state index in [0.717, 1.165) is 24.5 Å². The Balaban J connectivity index is 2.01. The zero-order chi connectivity index (χ0) is 10.3. The van der Waals surface area contributed by atoms with E-state index in [2.05, 4.69) is 15.8 Å². The quantitative estimate of drug-likeness (QED) is 0.840. The molecule has 1 aliphatic rings. The van der Waals surface area contributed by atoms with Gasteiger partial charge in [0.25, 0.3) is 0 Å². The standard InChI is InChI=1S/C11H12N2OS/c1-7-9-3-2-4-10(11(9)15-13-7)14-8-5-12-6-8/h2-4,8,12H,5-6H2,1H3. The van der Waals surface area contributed by atoms with Crippen molar-refractivity contribution < 1.29 is 4.74 Å². The van der Waals surface area contributed by atoms with Crippen LogP contribution in [0.1, 0.15) is 5.69 Å². The second-order valence-electron chi connectivity index (χ2n) is 3.80. The molecule has 3 nitrogen and oxygen atoms in total. The Labute approximate surface area is 92.2 Å². The van der Waals surface area contributed by atoms with Crippen molar-refractivity contribution in [3.05, 3.63) is 23.9 Å². The fourth-order valence-electron chi connectivity index (χ4n) is 1.68. The number of ether oxygens (including phenoxy) is 1. The highest BCUT2D eigenvalue weighted by molar-refractivity contribution is 7.13. The van der Waals surface area contributed by atoms with Gasteiger partial charge in [-0.05, 0) is 24.5 Å². The summed E-state index contributed by atoms with van der Waals surface area (Å²) in [6, 6.07) is 6.16. The Hall–Kier alpha value is -1.13. The summed E-state index contributed by atoms with van der Waals surface area (Å²) in [7, 11) is 0. The first-order valence-corrected chi connectivity index (χ1v) is 5.84. The van der Waals surface area contributed by atoms with Crippen molar-refractivity contribution in [3.8, 4) is 5.75 Å². The second-order valence-corrected chi connectivity index (χ2v) is 4.57. The molecule has 0 saturated carbocycles. The summed E-state index contributed by atoms with van der Waals surface area (Å²) in [5, 5.41) is 4.41. The lowest BCUT2D eigenvalue weighted by molar-refractivity contribution is 0.144. The van der Waals surface area contributed by atoms with Gasteiger partial charge in [0, 0.05) is 18.5 Å². The van der Waals surface area contributed by atoms with Crippen LogP contribution >= 0.6 is 11.5 Å². The van der Waals surface area contributed by atoms with Crippen LogP contribution in [0.5, 0.6) is 5.75 Å². The number of benzene rings is 1. The highest BCUT2D eigenvalue weighted by atomic mass is 32.1. The number of nitrogens with zero attached hydrogens (tertiary/aromatic N) is 1. The van der Waals surface area contributed by atoms with Gasteiger partial charge in [0.05, 0.1) is 10.4 Å². The van der Waals surface area contributed by atoms with Crippen molar-refractivity contribution in [2.75, 3.05) is 13.1 Å². The highest BCUT2D eigenvalue weighted by Crippen LogP contribution is 2.31. The van der Waals surface area contributed by atoms with E-state index in [1.54, 1.807) is 0 Å². The molecule has 2 heterocycles. The topological polar surface area (TPSA) is 34.1 Å². The van der Waals surface area contributed by atoms with Crippen molar-refractivity contribution in [2.24, 2.45) is 0 Å². The number of rotatable bonds is 2. The minimum Gasteiger partial charge on any atom is -0.486 e. The van der Waals surface area contributed by atoms with Gasteiger partial charge in [0.1, 0.15) is 11.9 Å². The minimum atomic E-state index is 0.331. The Morgan fingerprint density at radius 3 is 3.07 bits per heavy atom. The summed E-state index contributed by atoms with van der Waals surface area (Å²) in [6.07, 6.45) is 0.331. The first-order chi connectivity index (χ1) is 7.34. The van der Waals surface area contributed by atoms with Crippen LogP contribution in [-0.4, -0.2) is 23.6 Å². The molecule has 1 aromatic carbocycles. The van der Waals surface area contributed by atoms with E-state index in [-0.39, 0.29) is 0 Å². The maximum Gasteiger partial charge on any atom is 0.139 e. The molecule has 0 atom stereocenters. The fourth-order valence-corrected chi connectivity index (χ4v) is 2.52. The predicted octanol–water partition coefficient (Wildman–Crippen LogP) is 1.96. The molecule has 0 aliphatic carbocycles. The monoisotopic (exact) mass is 220 g/mol. The summed E-state index contributed by atoms with van der Waals surface area (Å²) >= 11 is 1.52. The summed E-state index contributed by atoms with van der Waals surface area (Å²) < 4.78 is 11.4. The van der Waals surface area contributed by atoms with Gasteiger partial charge in [-0.15, -0.1) is 0 Å². The maximum atomic E-state index is 5.88. The molecule has 1 aromatic heterocycles. The Bertz CT molecular complexity index is 490. The van der Waals surface area contributed by atoms with Crippen LogP contribution in [0.4, 0.5) is 0 Å². The molecular formula is C11H12N2OS. The molecule has 3 rings (SSSR count). The average Bonchev–Trinajstić information content (AvgIpc) is 2.55. The lowest BCUT2D eigenvalue weighted by Crippen LogP contribution is -2.50. The molecule has 0 bridgehead atoms. The number of fused-ring (bicyclic) bond motifs is 1. The summed E-state index contributed by atoms with van der Waals surface area (Å²) in [4.78, 5) is 0. The zero-order valence-corrected chi connectivity index (χ0v) is 9.30. The van der Waals surface area contributed by atoms with Gasteiger partial charge in [-0.1, -0.05) is 12.1 Å². The van der Waals surface area contributed by atoms with Gasteiger partial charge in [-0.3, -0.25) is 0 Å². The normalized spacial score (nSPS) is 16.6. The molecule has 1 fully saturated rings. The van der Waals surface area contributed by atoms with Crippen molar-refractivity contribution in [1.29, 1.82) is 0 Å². The molecule has 1 saturated heterocycles. The third-order valence-electron chi connectivity index (χ3n) is 2.68. The van der Waals surface area contributed by atoms with Gasteiger partial charge >= 0.3 is 0 Å². The second kappa shape index (κ2) is 3.47. The number of hydrogen-bond donors (Lipinski definition) is 1. The fraction of sp³-hybridized carbons (Fsp3) is 0.364. The largest absolute Gasteiger partial charge is 0.486 e. The van der Waals surface area contributed by atoms with Crippen LogP contribution in [-0.2, 0) is 0 Å². The van der Waals surface area contributed by atoms with Crippen LogP contribution in [0.15, 0.2) is 18.2 Å². The number of hydrogen-bond acceptors (Lipinski definition) is 4. The van der Waals surface area contributed by atoms with Crippen LogP contribution in [0, 0.1) is 6.92 Å². The molecule has 4 heteroatoms. The number of aryl methyl sites for hydroxylation is 1. The van der Waals surface area contributed by atoms with Gasteiger partial charge in [0.15, 0.2) is 0 Å². The third-order valence-corrected chi connectivity index (χ3v) is 3.65. The predicted molar refractivity (Wildman–Crippen MR) is 61.6 cm³/mol. The van der Waals surface area contributed by atoms with E-state index in [9.17, 15) is 0 Å². The molecule has 1 aliphatic heterocycles. The smallest absolute Gasteiger partial charge is 0.139 e. The molecule has 0 spiro atoms. The lowest BCUT2D eigenvalue weighted by atomic mass is 10.2. The maximum absolute atomic E-state index is 5.88. The SMILES string of the molecule is Cc1nsc2c(OC3CNC3)cccc12. The van der Waals surface area contributed by atoms with E-state index in [1.807, 2.05) is 19.1 Å². The van der Waals surface area contributed by atoms with Crippen LogP contribution in [0.3, 0.4) is 0 Å². The van der Waals surface area contributed by atoms with Crippen molar-refractivity contribution in [2.45, 2.75) is 13.0 Å². The molecular weight excluding hydrogens is 208 g/mol. The first kappa shape index (κ1) is 9.12. The van der Waals surface area contributed by atoms with Gasteiger partial charge in [-0.2, -0.15) is 4.37 Å². The average molecular weight is 220 g/mol. The molecule has 78 valence electrons. The van der Waals surface area contributed by atoms with Gasteiger partial charge < -0.3 is 10.1 Å². The van der Waals surface area contributed by atoms with E-state index >= 15 is 0 Å². The molecule has 0 radical (unpaired) electrons. The molecule has 15 heavy (non-hydrogen) atoms. The Kier molecular flexibility index (Phi) is 2.11. The Morgan fingerprint density at radius 1 is 1.47 bits per heavy atom. The summed E-state index contributed by atoms with van der Waals surface area (Å²) in [5.74, 6) is 0.976. The molecule has 0 unspecified atom stereocenters. The van der Waals surface area contributed by atoms with E-state index < -0.39 is 0 Å². The molecule has 2 aromatic rings.